The highest BCUT2D eigenvalue weighted by atomic mass is 35.5. The highest BCUT2D eigenvalue weighted by molar-refractivity contribution is 5.96. The number of carbonyl (C=O) groups excluding carboxylic acids is 2. The Kier molecular flexibility index (Phi) is 6.95. The van der Waals surface area contributed by atoms with Crippen LogP contribution in [-0.2, 0) is 23.0 Å². The summed E-state index contributed by atoms with van der Waals surface area (Å²) in [6.07, 6.45) is 1.35. The molecule has 5 nitrogen and oxygen atoms in total. The van der Waals surface area contributed by atoms with Gasteiger partial charge >= 0.3 is 5.97 Å². The van der Waals surface area contributed by atoms with E-state index in [4.69, 9.17) is 4.74 Å². The van der Waals surface area contributed by atoms with Crippen LogP contribution in [-0.4, -0.2) is 35.5 Å². The lowest BCUT2D eigenvalue weighted by Gasteiger charge is -2.19. The van der Waals surface area contributed by atoms with E-state index >= 15 is 0 Å². The van der Waals surface area contributed by atoms with E-state index in [1.54, 1.807) is 6.92 Å². The second-order valence-corrected chi connectivity index (χ2v) is 7.58. The van der Waals surface area contributed by atoms with Crippen LogP contribution in [0.4, 0.5) is 0 Å². The molecule has 1 saturated heterocycles. The van der Waals surface area contributed by atoms with Gasteiger partial charge in [0.15, 0.2) is 5.78 Å². The van der Waals surface area contributed by atoms with Crippen LogP contribution in [0.1, 0.15) is 40.9 Å². The first-order chi connectivity index (χ1) is 14.1. The highest BCUT2D eigenvalue weighted by Crippen LogP contribution is 2.29. The minimum absolute atomic E-state index is 0. The summed E-state index contributed by atoms with van der Waals surface area (Å²) in [5.41, 5.74) is 3.65. The van der Waals surface area contributed by atoms with Crippen LogP contribution in [0.15, 0.2) is 54.6 Å². The number of nitrogens with zero attached hydrogens (tertiary/aromatic N) is 1. The number of ether oxygens (including phenoxy) is 1. The van der Waals surface area contributed by atoms with E-state index in [1.807, 2.05) is 54.1 Å². The Balaban J connectivity index is 0.00000256. The maximum atomic E-state index is 13.1. The molecule has 1 aromatic heterocycles. The molecular formula is C24H27ClN2O3. The Labute approximate surface area is 182 Å². The lowest BCUT2D eigenvalue weighted by molar-refractivity contribution is -0.120. The molecule has 2 atom stereocenters. The molecule has 0 radical (unpaired) electrons. The van der Waals surface area contributed by atoms with Gasteiger partial charge < -0.3 is 14.6 Å². The normalized spacial score (nSPS) is 18.2. The minimum atomic E-state index is -0.329. The number of aryl methyl sites for hydroxylation is 1. The Morgan fingerprint density at radius 3 is 2.63 bits per heavy atom. The third kappa shape index (κ3) is 4.27. The summed E-state index contributed by atoms with van der Waals surface area (Å²) in [4.78, 5) is 25.2. The topological polar surface area (TPSA) is 60.3 Å². The molecule has 0 bridgehead atoms. The average molecular weight is 427 g/mol. The number of benzene rings is 2. The summed E-state index contributed by atoms with van der Waals surface area (Å²) < 4.78 is 6.97. The molecule has 0 amide bonds. The zero-order valence-electron chi connectivity index (χ0n) is 17.3. The van der Waals surface area contributed by atoms with E-state index in [0.717, 1.165) is 29.4 Å². The van der Waals surface area contributed by atoms with Gasteiger partial charge in [0.1, 0.15) is 5.69 Å². The van der Waals surface area contributed by atoms with Gasteiger partial charge in [-0.1, -0.05) is 36.4 Å². The van der Waals surface area contributed by atoms with Crippen molar-refractivity contribution in [1.29, 1.82) is 0 Å². The molecule has 0 unspecified atom stereocenters. The van der Waals surface area contributed by atoms with Crippen molar-refractivity contribution in [2.75, 3.05) is 13.2 Å². The average Bonchev–Trinajstić information content (AvgIpc) is 3.34. The predicted octanol–water partition coefficient (Wildman–Crippen LogP) is 4.03. The minimum Gasteiger partial charge on any atom is -0.461 e. The quantitative estimate of drug-likeness (QED) is 0.604. The largest absolute Gasteiger partial charge is 0.461 e. The Bertz CT molecular complexity index is 1050. The number of halogens is 1. The number of carbonyl (C=O) groups is 2. The van der Waals surface area contributed by atoms with Gasteiger partial charge in [-0.05, 0) is 49.2 Å². The van der Waals surface area contributed by atoms with Crippen molar-refractivity contribution in [3.63, 3.8) is 0 Å². The lowest BCUT2D eigenvalue weighted by atomic mass is 9.88. The van der Waals surface area contributed by atoms with Crippen LogP contribution < -0.4 is 5.32 Å². The number of Topliss-reactive ketones (excluding diaryl/α,β-unsaturated/α-hetero) is 1. The van der Waals surface area contributed by atoms with Crippen LogP contribution in [0.3, 0.4) is 0 Å². The molecule has 1 aliphatic heterocycles. The molecule has 0 spiro atoms. The number of rotatable bonds is 6. The monoisotopic (exact) mass is 426 g/mol. The zero-order valence-corrected chi connectivity index (χ0v) is 18.1. The summed E-state index contributed by atoms with van der Waals surface area (Å²) in [5, 5.41) is 4.33. The molecule has 1 fully saturated rings. The summed E-state index contributed by atoms with van der Waals surface area (Å²) in [6, 6.07) is 17.9. The van der Waals surface area contributed by atoms with Crippen LogP contribution in [0.25, 0.3) is 10.9 Å². The number of nitrogens with one attached hydrogen (secondary N) is 1. The van der Waals surface area contributed by atoms with Gasteiger partial charge in [0.2, 0.25) is 0 Å². The van der Waals surface area contributed by atoms with E-state index in [-0.39, 0.29) is 36.1 Å². The van der Waals surface area contributed by atoms with Crippen molar-refractivity contribution in [1.82, 2.24) is 9.88 Å². The van der Waals surface area contributed by atoms with E-state index < -0.39 is 0 Å². The first-order valence-corrected chi connectivity index (χ1v) is 10.1. The third-order valence-electron chi connectivity index (χ3n) is 5.77. The Morgan fingerprint density at radius 2 is 1.90 bits per heavy atom. The zero-order chi connectivity index (χ0) is 20.4. The molecule has 158 valence electrons. The van der Waals surface area contributed by atoms with Crippen molar-refractivity contribution >= 4 is 35.1 Å². The fourth-order valence-corrected chi connectivity index (χ4v) is 4.32. The van der Waals surface area contributed by atoms with Gasteiger partial charge in [-0.3, -0.25) is 4.79 Å². The third-order valence-corrected chi connectivity index (χ3v) is 5.77. The molecular weight excluding hydrogens is 400 g/mol. The maximum absolute atomic E-state index is 13.1. The molecule has 3 aromatic rings. The number of fused-ring (bicyclic) bond motifs is 1. The summed E-state index contributed by atoms with van der Waals surface area (Å²) in [6.45, 7) is 3.00. The number of hydrogen-bond donors (Lipinski definition) is 1. The first-order valence-electron chi connectivity index (χ1n) is 10.1. The fraction of sp³-hybridized carbons (Fsp3) is 0.333. The summed E-state index contributed by atoms with van der Waals surface area (Å²) in [7, 11) is 1.85. The number of hydrogen-bond acceptors (Lipinski definition) is 4. The van der Waals surface area contributed by atoms with Gasteiger partial charge in [-0.2, -0.15) is 0 Å². The van der Waals surface area contributed by atoms with Crippen LogP contribution >= 0.6 is 12.4 Å². The van der Waals surface area contributed by atoms with Crippen LogP contribution in [0.5, 0.6) is 0 Å². The predicted molar refractivity (Wildman–Crippen MR) is 120 cm³/mol. The fourth-order valence-electron chi connectivity index (χ4n) is 4.32. The van der Waals surface area contributed by atoms with Crippen molar-refractivity contribution in [2.24, 2.45) is 7.05 Å². The molecule has 0 saturated carbocycles. The molecule has 2 heterocycles. The van der Waals surface area contributed by atoms with Gasteiger partial charge in [0, 0.05) is 30.3 Å². The summed E-state index contributed by atoms with van der Waals surface area (Å²) >= 11 is 0. The van der Waals surface area contributed by atoms with Crippen molar-refractivity contribution in [2.45, 2.75) is 31.7 Å². The highest BCUT2D eigenvalue weighted by Gasteiger charge is 2.33. The SMILES string of the molecule is CCOC(=O)c1cc2cc(CC(=O)[C@H]3NCC[C@@H]3c3ccccc3)ccc2n1C.Cl. The number of aromatic nitrogens is 1. The molecule has 1 aliphatic rings. The lowest BCUT2D eigenvalue weighted by Crippen LogP contribution is -2.35. The standard InChI is InChI=1S/C24H26N2O3.ClH/c1-3-29-24(28)21-15-18-13-16(9-10-20(18)26(21)2)14-22(27)23-19(11-12-25-23)17-7-5-4-6-8-17;/h4-10,13,15,19,23,25H,3,11-12,14H2,1-2H3;1H/t19-,23+;/m1./s1. The Hall–Kier alpha value is -2.63. The molecule has 2 aromatic carbocycles. The van der Waals surface area contributed by atoms with Gasteiger partial charge in [0.05, 0.1) is 12.6 Å². The van der Waals surface area contributed by atoms with E-state index in [9.17, 15) is 9.59 Å². The van der Waals surface area contributed by atoms with Crippen molar-refractivity contribution in [3.8, 4) is 0 Å². The number of ketones is 1. The van der Waals surface area contributed by atoms with E-state index in [1.165, 1.54) is 5.56 Å². The second-order valence-electron chi connectivity index (χ2n) is 7.58. The maximum Gasteiger partial charge on any atom is 0.354 e. The molecule has 4 rings (SSSR count). The van der Waals surface area contributed by atoms with E-state index in [0.29, 0.717) is 18.7 Å². The first kappa shape index (κ1) is 22.1. The molecule has 30 heavy (non-hydrogen) atoms. The van der Waals surface area contributed by atoms with Gasteiger partial charge in [0.25, 0.3) is 0 Å². The molecule has 0 aliphatic carbocycles. The second kappa shape index (κ2) is 9.45. The van der Waals surface area contributed by atoms with Crippen molar-refractivity contribution in [3.05, 3.63) is 71.4 Å². The van der Waals surface area contributed by atoms with Crippen molar-refractivity contribution < 1.29 is 14.3 Å². The van der Waals surface area contributed by atoms with Gasteiger partial charge in [-0.15, -0.1) is 12.4 Å². The smallest absolute Gasteiger partial charge is 0.354 e. The summed E-state index contributed by atoms with van der Waals surface area (Å²) in [5.74, 6) is 0.0986. The van der Waals surface area contributed by atoms with Gasteiger partial charge in [-0.25, -0.2) is 4.79 Å². The van der Waals surface area contributed by atoms with E-state index in [2.05, 4.69) is 17.4 Å². The molecule has 6 heteroatoms. The van der Waals surface area contributed by atoms with Crippen LogP contribution in [0, 0.1) is 0 Å². The number of esters is 1. The van der Waals surface area contributed by atoms with Crippen LogP contribution in [0.2, 0.25) is 0 Å². The Morgan fingerprint density at radius 1 is 1.13 bits per heavy atom. The molecule has 1 N–H and O–H groups in total.